The molecule has 0 bridgehead atoms. The maximum atomic E-state index is 13.1. The van der Waals surface area contributed by atoms with E-state index in [1.807, 2.05) is 13.0 Å². The number of hydrogen-bond acceptors (Lipinski definition) is 7. The van der Waals surface area contributed by atoms with Gasteiger partial charge in [0.25, 0.3) is 5.56 Å². The van der Waals surface area contributed by atoms with Gasteiger partial charge in [-0.3, -0.25) is 4.79 Å². The number of aromatic nitrogens is 2. The Morgan fingerprint density at radius 2 is 1.97 bits per heavy atom. The van der Waals surface area contributed by atoms with Crippen molar-refractivity contribution in [1.29, 1.82) is 0 Å². The zero-order valence-electron chi connectivity index (χ0n) is 18.6. The van der Waals surface area contributed by atoms with Crippen molar-refractivity contribution in [3.63, 3.8) is 0 Å². The quantitative estimate of drug-likeness (QED) is 0.283. The molecule has 0 saturated heterocycles. The first-order chi connectivity index (χ1) is 15.7. The number of methoxy groups -OCH3 is 1. The summed E-state index contributed by atoms with van der Waals surface area (Å²) < 4.78 is 18.8. The van der Waals surface area contributed by atoms with Gasteiger partial charge in [0.15, 0.2) is 18.1 Å². The average molecular weight is 581 g/mol. The van der Waals surface area contributed by atoms with Crippen molar-refractivity contribution in [2.45, 2.75) is 33.3 Å². The fraction of sp³-hybridized carbons (Fsp3) is 0.304. The van der Waals surface area contributed by atoms with Crippen molar-refractivity contribution in [3.8, 4) is 11.5 Å². The van der Waals surface area contributed by atoms with E-state index in [-0.39, 0.29) is 18.3 Å². The highest BCUT2D eigenvalue weighted by Gasteiger charge is 2.14. The van der Waals surface area contributed by atoms with E-state index in [0.717, 1.165) is 4.47 Å². The molecule has 0 fully saturated rings. The van der Waals surface area contributed by atoms with E-state index in [1.54, 1.807) is 38.1 Å². The largest absolute Gasteiger partial charge is 0.493 e. The summed E-state index contributed by atoms with van der Waals surface area (Å²) in [6.07, 6.45) is 1.84. The highest BCUT2D eigenvalue weighted by Crippen LogP contribution is 2.33. The number of halogens is 2. The maximum absolute atomic E-state index is 13.1. The topological polar surface area (TPSA) is 92.0 Å². The predicted octanol–water partition coefficient (Wildman–Crippen LogP) is 4.71. The smallest absolute Gasteiger partial charge is 0.344 e. The Morgan fingerprint density at radius 1 is 1.21 bits per heavy atom. The lowest BCUT2D eigenvalue weighted by Crippen LogP contribution is -2.22. The summed E-state index contributed by atoms with van der Waals surface area (Å²) in [5.41, 5.74) is 1.00. The molecule has 10 heteroatoms. The van der Waals surface area contributed by atoms with Crippen molar-refractivity contribution >= 4 is 54.9 Å². The molecule has 0 radical (unpaired) electrons. The first-order valence-electron chi connectivity index (χ1n) is 10.2. The third-order valence-electron chi connectivity index (χ3n) is 4.50. The summed E-state index contributed by atoms with van der Waals surface area (Å²) in [5, 5.41) is 4.87. The van der Waals surface area contributed by atoms with Crippen LogP contribution in [0.3, 0.4) is 0 Å². The number of esters is 1. The lowest BCUT2D eigenvalue weighted by Gasteiger charge is -2.13. The monoisotopic (exact) mass is 579 g/mol. The van der Waals surface area contributed by atoms with Crippen LogP contribution in [0.25, 0.3) is 10.9 Å². The van der Waals surface area contributed by atoms with Gasteiger partial charge in [0.1, 0.15) is 5.82 Å². The number of carbonyl (C=O) groups is 1. The van der Waals surface area contributed by atoms with Crippen LogP contribution in [0.4, 0.5) is 0 Å². The molecule has 0 atom stereocenters. The van der Waals surface area contributed by atoms with Gasteiger partial charge in [-0.15, -0.1) is 0 Å². The molecular formula is C23H23Br2N3O5. The number of fused-ring (bicyclic) bond motifs is 1. The number of rotatable bonds is 8. The summed E-state index contributed by atoms with van der Waals surface area (Å²) in [6, 6.07) is 8.73. The molecule has 8 nitrogen and oxygen atoms in total. The molecule has 0 amide bonds. The highest BCUT2D eigenvalue weighted by atomic mass is 79.9. The Labute approximate surface area is 207 Å². The van der Waals surface area contributed by atoms with E-state index < -0.39 is 5.97 Å². The number of hydrogen-bond donors (Lipinski definition) is 0. The van der Waals surface area contributed by atoms with E-state index in [4.69, 9.17) is 14.2 Å². The van der Waals surface area contributed by atoms with Gasteiger partial charge in [-0.1, -0.05) is 22.9 Å². The molecule has 0 aliphatic heterocycles. The lowest BCUT2D eigenvalue weighted by atomic mass is 10.2. The molecule has 1 aromatic heterocycles. The molecule has 0 aliphatic carbocycles. The molecule has 0 unspecified atom stereocenters. The van der Waals surface area contributed by atoms with E-state index in [2.05, 4.69) is 41.9 Å². The minimum atomic E-state index is -0.476. The number of carbonyl (C=O) groups excluding carboxylic acids is 1. The molecule has 0 aliphatic rings. The van der Waals surface area contributed by atoms with E-state index in [9.17, 15) is 9.59 Å². The third kappa shape index (κ3) is 6.00. The minimum absolute atomic E-state index is 0.226. The van der Waals surface area contributed by atoms with Crippen LogP contribution in [0.15, 0.2) is 49.2 Å². The molecule has 2 aromatic carbocycles. The summed E-state index contributed by atoms with van der Waals surface area (Å²) >= 11 is 6.88. The molecule has 0 saturated carbocycles. The standard InChI is InChI=1S/C23H23Br2N3O5/c1-5-21-27-18-7-6-15(24)9-16(18)23(30)28(21)26-11-14-8-19(31-4)20(10-17(14)25)32-12-22(29)33-13(2)3/h6-11,13H,5,12H2,1-4H3. The van der Waals surface area contributed by atoms with Gasteiger partial charge in [-0.25, -0.2) is 9.78 Å². The van der Waals surface area contributed by atoms with Gasteiger partial charge in [0.2, 0.25) is 0 Å². The van der Waals surface area contributed by atoms with E-state index in [0.29, 0.717) is 44.7 Å². The van der Waals surface area contributed by atoms with Crippen LogP contribution in [0.5, 0.6) is 11.5 Å². The number of aryl methyl sites for hydroxylation is 1. The van der Waals surface area contributed by atoms with Crippen molar-refractivity contribution < 1.29 is 19.0 Å². The molecule has 0 N–H and O–H groups in total. The van der Waals surface area contributed by atoms with Crippen molar-refractivity contribution in [2.24, 2.45) is 5.10 Å². The second-order valence-electron chi connectivity index (χ2n) is 7.26. The van der Waals surface area contributed by atoms with Crippen LogP contribution in [0, 0.1) is 0 Å². The minimum Gasteiger partial charge on any atom is -0.493 e. The fourth-order valence-corrected chi connectivity index (χ4v) is 3.80. The summed E-state index contributed by atoms with van der Waals surface area (Å²) in [6.45, 7) is 5.20. The van der Waals surface area contributed by atoms with E-state index >= 15 is 0 Å². The van der Waals surface area contributed by atoms with Crippen LogP contribution >= 0.6 is 31.9 Å². The molecule has 3 aromatic rings. The summed E-state index contributed by atoms with van der Waals surface area (Å²) in [7, 11) is 1.49. The Balaban J connectivity index is 1.94. The van der Waals surface area contributed by atoms with Crippen molar-refractivity contribution in [3.05, 3.63) is 61.0 Å². The Bertz CT molecular complexity index is 1270. The average Bonchev–Trinajstić information content (AvgIpc) is 2.77. The fourth-order valence-electron chi connectivity index (χ4n) is 3.02. The molecule has 1 heterocycles. The second kappa shape index (κ2) is 10.9. The zero-order valence-corrected chi connectivity index (χ0v) is 21.8. The third-order valence-corrected chi connectivity index (χ3v) is 5.68. The lowest BCUT2D eigenvalue weighted by molar-refractivity contribution is -0.149. The van der Waals surface area contributed by atoms with Gasteiger partial charge in [0.05, 0.1) is 30.3 Å². The van der Waals surface area contributed by atoms with Crippen LogP contribution in [-0.4, -0.2) is 41.7 Å². The molecule has 174 valence electrons. The maximum Gasteiger partial charge on any atom is 0.344 e. The van der Waals surface area contributed by atoms with Crippen LogP contribution < -0.4 is 15.0 Å². The Hall–Kier alpha value is -2.72. The number of ether oxygens (including phenoxy) is 3. The number of nitrogens with zero attached hydrogens (tertiary/aromatic N) is 3. The molecule has 33 heavy (non-hydrogen) atoms. The van der Waals surface area contributed by atoms with Crippen LogP contribution in [0.1, 0.15) is 32.2 Å². The summed E-state index contributed by atoms with van der Waals surface area (Å²) in [4.78, 5) is 29.4. The Morgan fingerprint density at radius 3 is 2.64 bits per heavy atom. The molecule has 0 spiro atoms. The molecule has 3 rings (SSSR count). The van der Waals surface area contributed by atoms with Gasteiger partial charge in [-0.2, -0.15) is 9.78 Å². The first-order valence-corrected chi connectivity index (χ1v) is 11.8. The van der Waals surface area contributed by atoms with Gasteiger partial charge < -0.3 is 14.2 Å². The van der Waals surface area contributed by atoms with Gasteiger partial charge in [0, 0.05) is 20.9 Å². The normalized spacial score (nSPS) is 11.4. The number of benzene rings is 2. The predicted molar refractivity (Wildman–Crippen MR) is 133 cm³/mol. The van der Waals surface area contributed by atoms with Crippen LogP contribution in [0.2, 0.25) is 0 Å². The Kier molecular flexibility index (Phi) is 8.25. The zero-order chi connectivity index (χ0) is 24.1. The first kappa shape index (κ1) is 24.9. The van der Waals surface area contributed by atoms with Crippen molar-refractivity contribution in [1.82, 2.24) is 9.66 Å². The van der Waals surface area contributed by atoms with Crippen molar-refractivity contribution in [2.75, 3.05) is 13.7 Å². The van der Waals surface area contributed by atoms with Gasteiger partial charge in [-0.05, 0) is 60.1 Å². The van der Waals surface area contributed by atoms with Crippen LogP contribution in [-0.2, 0) is 16.0 Å². The second-order valence-corrected chi connectivity index (χ2v) is 9.03. The summed E-state index contributed by atoms with van der Waals surface area (Å²) in [5.74, 6) is 0.833. The SMILES string of the molecule is CCc1nc2ccc(Br)cc2c(=O)n1N=Cc1cc(OC)c(OCC(=O)OC(C)C)cc1Br. The van der Waals surface area contributed by atoms with Gasteiger partial charge >= 0.3 is 5.97 Å². The van der Waals surface area contributed by atoms with E-state index in [1.165, 1.54) is 18.0 Å². The highest BCUT2D eigenvalue weighted by molar-refractivity contribution is 9.10. The molecular weight excluding hydrogens is 558 g/mol.